The fourth-order valence-corrected chi connectivity index (χ4v) is 5.68. The zero-order valence-electron chi connectivity index (χ0n) is 18.5. The lowest BCUT2D eigenvalue weighted by atomic mass is 9.88. The monoisotopic (exact) mass is 464 g/mol. The van der Waals surface area contributed by atoms with Gasteiger partial charge in [-0.25, -0.2) is 4.39 Å². The minimum atomic E-state index is -4.56. The number of benzene rings is 1. The molecule has 3 aliphatic rings. The molecule has 1 aromatic heterocycles. The molecule has 0 saturated carbocycles. The number of aromatic nitrogens is 2. The van der Waals surface area contributed by atoms with E-state index in [2.05, 4.69) is 10.00 Å². The lowest BCUT2D eigenvalue weighted by molar-refractivity contribution is -0.142. The van der Waals surface area contributed by atoms with Gasteiger partial charge in [-0.15, -0.1) is 0 Å². The molecule has 4 heterocycles. The van der Waals surface area contributed by atoms with Crippen LogP contribution in [0.25, 0.3) is 0 Å². The van der Waals surface area contributed by atoms with Crippen LogP contribution < -0.4 is 0 Å². The standard InChI is InChI=1S/C24H28F4N4O/c25-18-5-3-16(4-6-18)14-32-21-15-31(11-8-20(21)23(29-32)24(26,27)28)22(33)13-17-7-10-30-9-1-2-19(30)12-17/h3-6,17,19H,1-2,7-15H2. The fourth-order valence-electron chi connectivity index (χ4n) is 5.68. The number of piperidine rings is 1. The van der Waals surface area contributed by atoms with E-state index in [0.717, 1.165) is 25.9 Å². The molecular weight excluding hydrogens is 436 g/mol. The van der Waals surface area contributed by atoms with Crippen LogP contribution in [0.4, 0.5) is 17.6 Å². The number of carbonyl (C=O) groups is 1. The quantitative estimate of drug-likeness (QED) is 0.636. The van der Waals surface area contributed by atoms with Gasteiger partial charge in [0.1, 0.15) is 5.82 Å². The minimum absolute atomic E-state index is 0.0141. The van der Waals surface area contributed by atoms with Crippen LogP contribution in [-0.4, -0.2) is 51.2 Å². The number of rotatable bonds is 4. The van der Waals surface area contributed by atoms with Crippen molar-refractivity contribution in [2.45, 2.75) is 63.8 Å². The highest BCUT2D eigenvalue weighted by Crippen LogP contribution is 2.36. The second-order valence-electron chi connectivity index (χ2n) is 9.55. The van der Waals surface area contributed by atoms with Gasteiger partial charge >= 0.3 is 6.18 Å². The van der Waals surface area contributed by atoms with Crippen molar-refractivity contribution < 1.29 is 22.4 Å². The number of hydrogen-bond donors (Lipinski definition) is 0. The van der Waals surface area contributed by atoms with E-state index < -0.39 is 17.7 Å². The van der Waals surface area contributed by atoms with E-state index in [1.807, 2.05) is 0 Å². The third-order valence-corrected chi connectivity index (χ3v) is 7.40. The van der Waals surface area contributed by atoms with Crippen molar-refractivity contribution in [2.24, 2.45) is 5.92 Å². The minimum Gasteiger partial charge on any atom is -0.336 e. The largest absolute Gasteiger partial charge is 0.435 e. The number of alkyl halides is 3. The summed E-state index contributed by atoms with van der Waals surface area (Å²) in [5.41, 5.74) is 0.382. The summed E-state index contributed by atoms with van der Waals surface area (Å²) >= 11 is 0. The van der Waals surface area contributed by atoms with Gasteiger partial charge in [-0.05, 0) is 68.8 Å². The average molecular weight is 465 g/mol. The van der Waals surface area contributed by atoms with Crippen LogP contribution in [0.5, 0.6) is 0 Å². The van der Waals surface area contributed by atoms with Crippen molar-refractivity contribution in [3.63, 3.8) is 0 Å². The molecule has 3 aliphatic heterocycles. The summed E-state index contributed by atoms with van der Waals surface area (Å²) in [6.07, 6.45) is 0.492. The van der Waals surface area contributed by atoms with Crippen molar-refractivity contribution >= 4 is 5.91 Å². The predicted octanol–water partition coefficient (Wildman–Crippen LogP) is 4.24. The first-order valence-electron chi connectivity index (χ1n) is 11.7. The molecule has 178 valence electrons. The van der Waals surface area contributed by atoms with E-state index in [1.54, 1.807) is 4.90 Å². The number of amides is 1. The predicted molar refractivity (Wildman–Crippen MR) is 114 cm³/mol. The zero-order chi connectivity index (χ0) is 23.2. The third kappa shape index (κ3) is 4.65. The van der Waals surface area contributed by atoms with Crippen molar-refractivity contribution in [3.05, 3.63) is 52.6 Å². The Bertz CT molecular complexity index is 1020. The van der Waals surface area contributed by atoms with Crippen molar-refractivity contribution in [3.8, 4) is 0 Å². The maximum Gasteiger partial charge on any atom is 0.435 e. The second-order valence-corrected chi connectivity index (χ2v) is 9.55. The van der Waals surface area contributed by atoms with E-state index in [9.17, 15) is 22.4 Å². The maximum atomic E-state index is 13.6. The molecule has 0 aliphatic carbocycles. The first kappa shape index (κ1) is 22.4. The number of halogens is 4. The van der Waals surface area contributed by atoms with Gasteiger partial charge in [-0.2, -0.15) is 18.3 Å². The Balaban J connectivity index is 1.33. The molecule has 2 saturated heterocycles. The second kappa shape index (κ2) is 8.74. The van der Waals surface area contributed by atoms with Crippen molar-refractivity contribution in [2.75, 3.05) is 19.6 Å². The topological polar surface area (TPSA) is 41.4 Å². The van der Waals surface area contributed by atoms with Crippen LogP contribution in [0, 0.1) is 11.7 Å². The Morgan fingerprint density at radius 3 is 2.64 bits per heavy atom. The molecule has 0 spiro atoms. The SMILES string of the molecule is O=C(CC1CCN2CCCC2C1)N1CCc2c(C(F)(F)F)nn(Cc3ccc(F)cc3)c2C1. The van der Waals surface area contributed by atoms with Crippen LogP contribution in [0.1, 0.15) is 54.6 Å². The highest BCUT2D eigenvalue weighted by Gasteiger charge is 2.41. The molecule has 9 heteroatoms. The number of fused-ring (bicyclic) bond motifs is 2. The van der Waals surface area contributed by atoms with Crippen LogP contribution in [0.15, 0.2) is 24.3 Å². The van der Waals surface area contributed by atoms with Crippen molar-refractivity contribution in [1.29, 1.82) is 0 Å². The summed E-state index contributed by atoms with van der Waals surface area (Å²) in [7, 11) is 0. The number of carbonyl (C=O) groups excluding carboxylic acids is 1. The summed E-state index contributed by atoms with van der Waals surface area (Å²) < 4.78 is 55.5. The van der Waals surface area contributed by atoms with Gasteiger partial charge in [-0.1, -0.05) is 12.1 Å². The smallest absolute Gasteiger partial charge is 0.336 e. The van der Waals surface area contributed by atoms with Gasteiger partial charge in [0.2, 0.25) is 5.91 Å². The molecule has 0 bridgehead atoms. The van der Waals surface area contributed by atoms with Gasteiger partial charge in [0.25, 0.3) is 0 Å². The summed E-state index contributed by atoms with van der Waals surface area (Å²) in [5.74, 6) is -0.0502. The van der Waals surface area contributed by atoms with Crippen LogP contribution in [-0.2, 0) is 30.5 Å². The normalized spacial score (nSPS) is 23.5. The molecule has 2 aromatic rings. The average Bonchev–Trinajstić information content (AvgIpc) is 3.39. The van der Waals surface area contributed by atoms with Gasteiger partial charge in [0, 0.05) is 24.6 Å². The summed E-state index contributed by atoms with van der Waals surface area (Å²) in [6.45, 7) is 2.69. The van der Waals surface area contributed by atoms with E-state index in [-0.39, 0.29) is 37.5 Å². The molecule has 0 N–H and O–H groups in total. The highest BCUT2D eigenvalue weighted by atomic mass is 19.4. The van der Waals surface area contributed by atoms with Crippen LogP contribution in [0.3, 0.4) is 0 Å². The molecule has 1 amide bonds. The zero-order valence-corrected chi connectivity index (χ0v) is 18.5. The summed E-state index contributed by atoms with van der Waals surface area (Å²) in [5, 5.41) is 3.88. The lowest BCUT2D eigenvalue weighted by Crippen LogP contribution is -2.41. The van der Waals surface area contributed by atoms with Gasteiger partial charge < -0.3 is 9.80 Å². The first-order chi connectivity index (χ1) is 15.8. The van der Waals surface area contributed by atoms with E-state index in [0.29, 0.717) is 29.6 Å². The molecular formula is C24H28F4N4O. The van der Waals surface area contributed by atoms with Gasteiger partial charge in [0.05, 0.1) is 18.8 Å². The van der Waals surface area contributed by atoms with E-state index >= 15 is 0 Å². The molecule has 5 rings (SSSR count). The van der Waals surface area contributed by atoms with Crippen LogP contribution in [0.2, 0.25) is 0 Å². The van der Waals surface area contributed by atoms with Gasteiger partial charge in [0.15, 0.2) is 5.69 Å². The Kier molecular flexibility index (Phi) is 5.93. The fraction of sp³-hybridized carbons (Fsp3) is 0.583. The molecule has 5 nitrogen and oxygen atoms in total. The molecule has 1 aromatic carbocycles. The molecule has 2 unspecified atom stereocenters. The molecule has 2 fully saturated rings. The van der Waals surface area contributed by atoms with E-state index in [4.69, 9.17) is 0 Å². The summed E-state index contributed by atoms with van der Waals surface area (Å²) in [4.78, 5) is 17.3. The highest BCUT2D eigenvalue weighted by molar-refractivity contribution is 5.76. The Morgan fingerprint density at radius 2 is 1.88 bits per heavy atom. The molecule has 33 heavy (non-hydrogen) atoms. The lowest BCUT2D eigenvalue weighted by Gasteiger charge is -2.36. The van der Waals surface area contributed by atoms with E-state index in [1.165, 1.54) is 41.8 Å². The Hall–Kier alpha value is -2.42. The van der Waals surface area contributed by atoms with Crippen molar-refractivity contribution in [1.82, 2.24) is 19.6 Å². The summed E-state index contributed by atoms with van der Waals surface area (Å²) in [6, 6.07) is 6.22. The van der Waals surface area contributed by atoms with Gasteiger partial charge in [-0.3, -0.25) is 9.48 Å². The maximum absolute atomic E-state index is 13.6. The molecule has 0 radical (unpaired) electrons. The third-order valence-electron chi connectivity index (χ3n) is 7.40. The Labute approximate surface area is 190 Å². The molecule has 2 atom stereocenters. The van der Waals surface area contributed by atoms with Crippen LogP contribution >= 0.6 is 0 Å². The number of nitrogens with zero attached hydrogens (tertiary/aromatic N) is 4. The first-order valence-corrected chi connectivity index (χ1v) is 11.7. The number of hydrogen-bond acceptors (Lipinski definition) is 3. The Morgan fingerprint density at radius 1 is 1.09 bits per heavy atom.